The highest BCUT2D eigenvalue weighted by atomic mass is 32.2. The van der Waals surface area contributed by atoms with E-state index in [1.807, 2.05) is 30.3 Å². The maximum absolute atomic E-state index is 15.8. The van der Waals surface area contributed by atoms with Gasteiger partial charge in [0.1, 0.15) is 11.0 Å². The third kappa shape index (κ3) is 5.21. The average Bonchev–Trinajstić information content (AvgIpc) is 2.79. The summed E-state index contributed by atoms with van der Waals surface area (Å²) < 4.78 is 53.0. The minimum Gasteiger partial charge on any atom is -0.379 e. The second-order valence-corrected chi connectivity index (χ2v) is 8.58. The van der Waals surface area contributed by atoms with Crippen molar-refractivity contribution in [1.82, 2.24) is 0 Å². The Bertz CT molecular complexity index is 1070. The van der Waals surface area contributed by atoms with Gasteiger partial charge in [-0.1, -0.05) is 78.9 Å². The molecule has 30 heavy (non-hydrogen) atoms. The number of benzene rings is 3. The van der Waals surface area contributed by atoms with Gasteiger partial charge in [-0.15, -0.1) is 0 Å². The molecule has 0 aliphatic carbocycles. The van der Waals surface area contributed by atoms with Gasteiger partial charge < -0.3 is 9.47 Å². The first kappa shape index (κ1) is 21.9. The van der Waals surface area contributed by atoms with E-state index in [1.165, 1.54) is 19.2 Å². The van der Waals surface area contributed by atoms with E-state index in [1.54, 1.807) is 48.5 Å². The minimum atomic E-state index is -4.10. The second kappa shape index (κ2) is 10.3. The van der Waals surface area contributed by atoms with Crippen LogP contribution >= 0.6 is 0 Å². The molecule has 4 nitrogen and oxygen atoms in total. The Kier molecular flexibility index (Phi) is 7.52. The summed E-state index contributed by atoms with van der Waals surface area (Å²) >= 11 is 0. The van der Waals surface area contributed by atoms with Gasteiger partial charge >= 0.3 is 0 Å². The standard InChI is InChI=1S/C24H23FO4S/c1-28-18-22(30(26,27)21-15-9-4-10-16-21)23(25)24(20-13-7-3-8-14-20)29-17-19-11-5-2-6-12-19/h2-16,24H,17-18H2,1H3/b23-22-. The van der Waals surface area contributed by atoms with Crippen molar-refractivity contribution in [2.24, 2.45) is 0 Å². The first-order chi connectivity index (χ1) is 14.5. The monoisotopic (exact) mass is 426 g/mol. The summed E-state index contributed by atoms with van der Waals surface area (Å²) in [6.07, 6.45) is -1.19. The van der Waals surface area contributed by atoms with Crippen LogP contribution in [0.25, 0.3) is 0 Å². The summed E-state index contributed by atoms with van der Waals surface area (Å²) in [5, 5.41) is 0. The Balaban J connectivity index is 2.05. The predicted molar refractivity (Wildman–Crippen MR) is 114 cm³/mol. The van der Waals surface area contributed by atoms with Gasteiger partial charge in [0.2, 0.25) is 9.84 Å². The molecule has 0 aliphatic heterocycles. The molecule has 0 bridgehead atoms. The average molecular weight is 427 g/mol. The Morgan fingerprint density at radius 1 is 0.867 bits per heavy atom. The minimum absolute atomic E-state index is 0.00192. The summed E-state index contributed by atoms with van der Waals surface area (Å²) in [6.45, 7) is -0.277. The van der Waals surface area contributed by atoms with Crippen molar-refractivity contribution in [2.75, 3.05) is 13.7 Å². The van der Waals surface area contributed by atoms with Crippen LogP contribution in [0.5, 0.6) is 0 Å². The van der Waals surface area contributed by atoms with Gasteiger partial charge in [-0.05, 0) is 23.3 Å². The maximum Gasteiger partial charge on any atom is 0.207 e. The van der Waals surface area contributed by atoms with Crippen LogP contribution in [0, 0.1) is 0 Å². The van der Waals surface area contributed by atoms with Crippen molar-refractivity contribution < 1.29 is 22.3 Å². The quantitative estimate of drug-likeness (QED) is 0.469. The van der Waals surface area contributed by atoms with Crippen LogP contribution < -0.4 is 0 Å². The molecule has 156 valence electrons. The molecule has 1 unspecified atom stereocenters. The molecule has 0 aliphatic rings. The Labute approximate surface area is 176 Å². The summed E-state index contributed by atoms with van der Waals surface area (Å²) in [5.41, 5.74) is 1.37. The van der Waals surface area contributed by atoms with Gasteiger partial charge in [0.25, 0.3) is 0 Å². The van der Waals surface area contributed by atoms with Crippen molar-refractivity contribution in [3.8, 4) is 0 Å². The molecule has 3 rings (SSSR count). The molecule has 0 fully saturated rings. The number of rotatable bonds is 9. The number of hydrogen-bond acceptors (Lipinski definition) is 4. The van der Waals surface area contributed by atoms with Crippen LogP contribution in [0.3, 0.4) is 0 Å². The zero-order valence-electron chi connectivity index (χ0n) is 16.6. The molecule has 0 amide bonds. The van der Waals surface area contributed by atoms with Gasteiger partial charge in [0.05, 0.1) is 18.1 Å². The lowest BCUT2D eigenvalue weighted by Gasteiger charge is -2.20. The predicted octanol–water partition coefficient (Wildman–Crippen LogP) is 5.25. The van der Waals surface area contributed by atoms with Gasteiger partial charge in [-0.3, -0.25) is 0 Å². The fourth-order valence-electron chi connectivity index (χ4n) is 2.99. The summed E-state index contributed by atoms with van der Waals surface area (Å²) in [7, 11) is -2.77. The zero-order chi connectivity index (χ0) is 21.4. The van der Waals surface area contributed by atoms with Crippen LogP contribution in [-0.4, -0.2) is 22.1 Å². The van der Waals surface area contributed by atoms with Crippen LogP contribution in [0.1, 0.15) is 17.2 Å². The SMILES string of the molecule is COC/C(=C(/F)C(OCc1ccccc1)c1ccccc1)S(=O)(=O)c1ccccc1. The van der Waals surface area contributed by atoms with Gasteiger partial charge in [-0.25, -0.2) is 12.8 Å². The highest BCUT2D eigenvalue weighted by Gasteiger charge is 2.30. The summed E-state index contributed by atoms with van der Waals surface area (Å²) in [5.74, 6) is -0.886. The third-order valence-corrected chi connectivity index (χ3v) is 6.37. The number of halogens is 1. The van der Waals surface area contributed by atoms with Crippen LogP contribution in [0.2, 0.25) is 0 Å². The molecule has 3 aromatic carbocycles. The molecule has 0 heterocycles. The molecular weight excluding hydrogens is 403 g/mol. The van der Waals surface area contributed by atoms with E-state index in [0.717, 1.165) is 5.56 Å². The largest absolute Gasteiger partial charge is 0.379 e. The molecule has 0 saturated carbocycles. The van der Waals surface area contributed by atoms with Crippen LogP contribution in [0.4, 0.5) is 4.39 Å². The van der Waals surface area contributed by atoms with Crippen LogP contribution in [-0.2, 0) is 25.9 Å². The van der Waals surface area contributed by atoms with Crippen LogP contribution in [0.15, 0.2) is 107 Å². The van der Waals surface area contributed by atoms with E-state index in [9.17, 15) is 8.42 Å². The number of sulfone groups is 1. The molecule has 6 heteroatoms. The fourth-order valence-corrected chi connectivity index (χ4v) is 4.43. The molecule has 0 radical (unpaired) electrons. The normalized spacial score (nSPS) is 13.5. The van der Waals surface area contributed by atoms with Crippen molar-refractivity contribution in [3.05, 3.63) is 113 Å². The highest BCUT2D eigenvalue weighted by molar-refractivity contribution is 7.95. The smallest absolute Gasteiger partial charge is 0.207 e. The molecule has 0 aromatic heterocycles. The third-order valence-electron chi connectivity index (χ3n) is 4.51. The highest BCUT2D eigenvalue weighted by Crippen LogP contribution is 2.34. The number of methoxy groups -OCH3 is 1. The molecule has 3 aromatic rings. The summed E-state index contributed by atoms with van der Waals surface area (Å²) in [4.78, 5) is -0.444. The van der Waals surface area contributed by atoms with E-state index in [2.05, 4.69) is 0 Å². The summed E-state index contributed by atoms with van der Waals surface area (Å²) in [6, 6.07) is 25.8. The lowest BCUT2D eigenvalue weighted by Crippen LogP contribution is -2.16. The lowest BCUT2D eigenvalue weighted by atomic mass is 10.1. The second-order valence-electron chi connectivity index (χ2n) is 6.61. The van der Waals surface area contributed by atoms with Crippen molar-refractivity contribution in [1.29, 1.82) is 0 Å². The number of ether oxygens (including phenoxy) is 2. The lowest BCUT2D eigenvalue weighted by molar-refractivity contribution is 0.0480. The maximum atomic E-state index is 15.8. The van der Waals surface area contributed by atoms with Crippen molar-refractivity contribution >= 4 is 9.84 Å². The molecule has 0 N–H and O–H groups in total. The van der Waals surface area contributed by atoms with Gasteiger partial charge in [-0.2, -0.15) is 0 Å². The first-order valence-electron chi connectivity index (χ1n) is 9.42. The molecule has 1 atom stereocenters. The number of hydrogen-bond donors (Lipinski definition) is 0. The van der Waals surface area contributed by atoms with E-state index in [0.29, 0.717) is 5.56 Å². The fraction of sp³-hybridized carbons (Fsp3) is 0.167. The topological polar surface area (TPSA) is 52.6 Å². The Hall–Kier alpha value is -2.80. The van der Waals surface area contributed by atoms with Crippen molar-refractivity contribution in [2.45, 2.75) is 17.6 Å². The molecule has 0 spiro atoms. The van der Waals surface area contributed by atoms with Crippen molar-refractivity contribution in [3.63, 3.8) is 0 Å². The molecule has 0 saturated heterocycles. The van der Waals surface area contributed by atoms with Gasteiger partial charge in [0, 0.05) is 7.11 Å². The molecular formula is C24H23FO4S. The van der Waals surface area contributed by atoms with E-state index in [-0.39, 0.29) is 11.5 Å². The Morgan fingerprint density at radius 3 is 1.97 bits per heavy atom. The zero-order valence-corrected chi connectivity index (χ0v) is 17.4. The van der Waals surface area contributed by atoms with E-state index < -0.39 is 33.3 Å². The van der Waals surface area contributed by atoms with E-state index >= 15 is 4.39 Å². The van der Waals surface area contributed by atoms with E-state index in [4.69, 9.17) is 9.47 Å². The van der Waals surface area contributed by atoms with Gasteiger partial charge in [0.15, 0.2) is 5.83 Å². The first-order valence-corrected chi connectivity index (χ1v) is 10.9. The Morgan fingerprint density at radius 2 is 1.40 bits per heavy atom.